The minimum absolute atomic E-state index is 0. The monoisotopic (exact) mass is 665 g/mol. The first-order valence-electron chi connectivity index (χ1n) is 18.3. The molecule has 10 heteroatoms. The summed E-state index contributed by atoms with van der Waals surface area (Å²) < 4.78 is 0. The average molecular weight is 665 g/mol. The maximum atomic E-state index is 11.1. The second-order valence-electron chi connectivity index (χ2n) is 14.3. The number of ketones is 4. The lowest BCUT2D eigenvalue weighted by molar-refractivity contribution is -0.122. The molecule has 0 aromatic carbocycles. The molecule has 0 spiro atoms. The van der Waals surface area contributed by atoms with Crippen LogP contribution >= 0.6 is 0 Å². The fourth-order valence-corrected chi connectivity index (χ4v) is 7.37. The lowest BCUT2D eigenvalue weighted by atomic mass is 9.79. The van der Waals surface area contributed by atoms with E-state index in [0.717, 1.165) is 64.2 Å². The Hall–Kier alpha value is -1.46. The van der Waals surface area contributed by atoms with Crippen LogP contribution in [0.4, 0.5) is 0 Å². The molecule has 0 aliphatic heterocycles. The van der Waals surface area contributed by atoms with Crippen LogP contribution in [0.2, 0.25) is 6.82 Å². The molecule has 0 bridgehead atoms. The SMILES string of the molecule is C.CB(O)NC1CCC(C(C)=O)CC1.CNC1CCC(C(C)=O)CC1.CNC1CCC(C(C)=O)CC1.CNC1CCC(C(C)=O)CC1. The second kappa shape index (κ2) is 25.5. The van der Waals surface area contributed by atoms with Crippen LogP contribution in [-0.2, 0) is 19.2 Å². The van der Waals surface area contributed by atoms with Crippen LogP contribution in [0.15, 0.2) is 0 Å². The molecule has 0 atom stereocenters. The molecule has 4 rings (SSSR count). The fraction of sp³-hybridized carbons (Fsp3) is 0.892. The summed E-state index contributed by atoms with van der Waals surface area (Å²) in [6.45, 7) is 8.54. The predicted octanol–water partition coefficient (Wildman–Crippen LogP) is 5.53. The number of hydrogen-bond acceptors (Lipinski definition) is 9. The highest BCUT2D eigenvalue weighted by molar-refractivity contribution is 6.45. The van der Waals surface area contributed by atoms with Gasteiger partial charge in [0.1, 0.15) is 23.1 Å². The normalized spacial score (nSPS) is 30.2. The Labute approximate surface area is 288 Å². The molecule has 0 unspecified atom stereocenters. The molecule has 5 N–H and O–H groups in total. The molecule has 0 amide bonds. The van der Waals surface area contributed by atoms with Crippen molar-refractivity contribution < 1.29 is 24.2 Å². The van der Waals surface area contributed by atoms with Crippen molar-refractivity contribution in [2.45, 2.75) is 169 Å². The van der Waals surface area contributed by atoms with Gasteiger partial charge in [0, 0.05) is 41.8 Å². The van der Waals surface area contributed by atoms with E-state index in [1.807, 2.05) is 21.1 Å². The van der Waals surface area contributed by atoms with Gasteiger partial charge < -0.3 is 26.2 Å². The third kappa shape index (κ3) is 19.4. The Bertz CT molecular complexity index is 791. The van der Waals surface area contributed by atoms with Crippen LogP contribution in [0.3, 0.4) is 0 Å². The van der Waals surface area contributed by atoms with Crippen molar-refractivity contribution in [3.8, 4) is 0 Å². The van der Waals surface area contributed by atoms with Crippen LogP contribution in [0.25, 0.3) is 0 Å². The van der Waals surface area contributed by atoms with E-state index in [1.54, 1.807) is 34.5 Å². The van der Waals surface area contributed by atoms with Crippen LogP contribution in [0.1, 0.15) is 138 Å². The minimum Gasteiger partial charge on any atom is -0.437 e. The van der Waals surface area contributed by atoms with Gasteiger partial charge in [-0.25, -0.2) is 0 Å². The number of Topliss-reactive ketones (excluding diaryl/α,β-unsaturated/α-hetero) is 4. The van der Waals surface area contributed by atoms with Crippen LogP contribution in [0, 0.1) is 23.7 Å². The summed E-state index contributed by atoms with van der Waals surface area (Å²) in [4.78, 5) is 44.0. The highest BCUT2D eigenvalue weighted by Crippen LogP contribution is 2.27. The molecule has 0 aromatic rings. The Morgan fingerprint density at radius 3 is 0.787 bits per heavy atom. The Balaban J connectivity index is 0.000000598. The van der Waals surface area contributed by atoms with E-state index in [-0.39, 0.29) is 13.3 Å². The van der Waals surface area contributed by atoms with Gasteiger partial charge in [0.2, 0.25) is 0 Å². The zero-order valence-corrected chi connectivity index (χ0v) is 30.6. The van der Waals surface area contributed by atoms with Gasteiger partial charge in [-0.2, -0.15) is 0 Å². The number of carbonyl (C=O) groups is 4. The van der Waals surface area contributed by atoms with E-state index in [0.29, 0.717) is 65.1 Å². The lowest BCUT2D eigenvalue weighted by Gasteiger charge is -2.28. The number of hydrogen-bond donors (Lipinski definition) is 5. The Kier molecular flexibility index (Phi) is 24.7. The van der Waals surface area contributed by atoms with Gasteiger partial charge in [-0.3, -0.25) is 19.2 Å². The van der Waals surface area contributed by atoms with Crippen molar-refractivity contribution >= 4 is 30.2 Å². The zero-order chi connectivity index (χ0) is 34.6. The van der Waals surface area contributed by atoms with Crippen molar-refractivity contribution in [1.29, 1.82) is 0 Å². The Morgan fingerprint density at radius 1 is 0.447 bits per heavy atom. The average Bonchev–Trinajstić information content (AvgIpc) is 3.05. The molecule has 0 saturated heterocycles. The van der Waals surface area contributed by atoms with E-state index in [4.69, 9.17) is 5.02 Å². The Morgan fingerprint density at radius 2 is 0.638 bits per heavy atom. The molecule has 9 nitrogen and oxygen atoms in total. The molecule has 4 aliphatic rings. The smallest absolute Gasteiger partial charge is 0.373 e. The highest BCUT2D eigenvalue weighted by Gasteiger charge is 2.26. The third-order valence-electron chi connectivity index (χ3n) is 10.9. The number of carbonyl (C=O) groups excluding carboxylic acids is 4. The molecule has 4 fully saturated rings. The minimum atomic E-state index is -0.432. The van der Waals surface area contributed by atoms with E-state index in [9.17, 15) is 19.2 Å². The first-order valence-corrected chi connectivity index (χ1v) is 18.3. The summed E-state index contributed by atoms with van der Waals surface area (Å²) in [6.07, 6.45) is 17.5. The summed E-state index contributed by atoms with van der Waals surface area (Å²) in [5, 5.41) is 21.9. The molecule has 0 radical (unpaired) electrons. The van der Waals surface area contributed by atoms with E-state index in [1.165, 1.54) is 38.5 Å². The molecule has 0 aromatic heterocycles. The number of nitrogens with one attached hydrogen (secondary N) is 4. The van der Waals surface area contributed by atoms with Crippen molar-refractivity contribution in [3.63, 3.8) is 0 Å². The topological polar surface area (TPSA) is 137 Å². The van der Waals surface area contributed by atoms with Crippen molar-refractivity contribution in [1.82, 2.24) is 21.2 Å². The molecule has 4 aliphatic carbocycles. The third-order valence-corrected chi connectivity index (χ3v) is 10.9. The first kappa shape index (κ1) is 45.5. The highest BCUT2D eigenvalue weighted by atomic mass is 16.2. The zero-order valence-electron chi connectivity index (χ0n) is 30.6. The van der Waals surface area contributed by atoms with Gasteiger partial charge in [0.15, 0.2) is 0 Å². The van der Waals surface area contributed by atoms with Gasteiger partial charge >= 0.3 is 7.05 Å². The van der Waals surface area contributed by atoms with E-state index in [2.05, 4.69) is 21.2 Å². The van der Waals surface area contributed by atoms with Crippen molar-refractivity contribution in [3.05, 3.63) is 0 Å². The largest absolute Gasteiger partial charge is 0.437 e. The van der Waals surface area contributed by atoms with Gasteiger partial charge in [-0.05, 0) is 164 Å². The van der Waals surface area contributed by atoms with Crippen LogP contribution < -0.4 is 21.2 Å². The maximum absolute atomic E-state index is 11.1. The maximum Gasteiger partial charge on any atom is 0.373 e. The first-order chi connectivity index (χ1) is 21.8. The van der Waals surface area contributed by atoms with Gasteiger partial charge in [0.05, 0.1) is 0 Å². The summed E-state index contributed by atoms with van der Waals surface area (Å²) in [5.74, 6) is 2.79. The molecule has 47 heavy (non-hydrogen) atoms. The second-order valence-corrected chi connectivity index (χ2v) is 14.3. The standard InChI is InChI=1S/C9H18BNO2.3C9H17NO.CH4/c1-7(12)8-3-5-9(6-4-8)11-10(2)13;3*1-7(11)8-3-5-9(10-2)6-4-8;/h8-9,11,13H,3-6H2,1-2H3;3*8-10H,3-6H2,1-2H3;1H4. The molecule has 274 valence electrons. The van der Waals surface area contributed by atoms with Crippen LogP contribution in [0.5, 0.6) is 0 Å². The van der Waals surface area contributed by atoms with Crippen molar-refractivity contribution in [2.24, 2.45) is 23.7 Å². The summed E-state index contributed by atoms with van der Waals surface area (Å²) in [5.41, 5.74) is 0. The summed E-state index contributed by atoms with van der Waals surface area (Å²) in [6, 6.07) is 2.37. The van der Waals surface area contributed by atoms with Crippen molar-refractivity contribution in [2.75, 3.05) is 21.1 Å². The summed E-state index contributed by atoms with van der Waals surface area (Å²) in [7, 11) is 5.56. The molecular weight excluding hydrogens is 591 g/mol. The van der Waals surface area contributed by atoms with Crippen LogP contribution in [-0.4, -0.2) is 80.5 Å². The van der Waals surface area contributed by atoms with Gasteiger partial charge in [0.25, 0.3) is 0 Å². The number of rotatable bonds is 9. The quantitative estimate of drug-likeness (QED) is 0.202. The summed E-state index contributed by atoms with van der Waals surface area (Å²) >= 11 is 0. The van der Waals surface area contributed by atoms with Gasteiger partial charge in [-0.15, -0.1) is 0 Å². The van der Waals surface area contributed by atoms with E-state index < -0.39 is 7.05 Å². The molecule has 4 saturated carbocycles. The lowest BCUT2D eigenvalue weighted by Crippen LogP contribution is -2.42. The molecular formula is C37H73BN4O5. The van der Waals surface area contributed by atoms with Gasteiger partial charge in [-0.1, -0.05) is 7.43 Å². The predicted molar refractivity (Wildman–Crippen MR) is 197 cm³/mol. The fourth-order valence-electron chi connectivity index (χ4n) is 7.37. The van der Waals surface area contributed by atoms with E-state index >= 15 is 0 Å². The molecule has 0 heterocycles.